The van der Waals surface area contributed by atoms with Crippen LogP contribution in [-0.2, 0) is 6.42 Å². The summed E-state index contributed by atoms with van der Waals surface area (Å²) in [5.41, 5.74) is 0. The molecule has 19 heavy (non-hydrogen) atoms. The number of aryl methyl sites for hydroxylation is 1. The second kappa shape index (κ2) is 7.71. The molecule has 0 saturated carbocycles. The van der Waals surface area contributed by atoms with Crippen LogP contribution in [0.4, 0.5) is 0 Å². The fourth-order valence-electron chi connectivity index (χ4n) is 2.80. The van der Waals surface area contributed by atoms with Gasteiger partial charge in [-0.15, -0.1) is 0 Å². The van der Waals surface area contributed by atoms with Gasteiger partial charge in [0.2, 0.25) is 0 Å². The molecule has 1 atom stereocenters. The number of furan rings is 1. The molecule has 1 aromatic rings. The Morgan fingerprint density at radius 2 is 2.21 bits per heavy atom. The maximum atomic E-state index is 5.36. The highest BCUT2D eigenvalue weighted by Crippen LogP contribution is 2.18. The van der Waals surface area contributed by atoms with Crippen molar-refractivity contribution < 1.29 is 4.42 Å². The highest BCUT2D eigenvalue weighted by atomic mass is 16.3. The zero-order valence-corrected chi connectivity index (χ0v) is 12.4. The van der Waals surface area contributed by atoms with Crippen molar-refractivity contribution in [3.63, 3.8) is 0 Å². The van der Waals surface area contributed by atoms with E-state index in [0.29, 0.717) is 6.04 Å². The normalized spacial score (nSPS) is 19.7. The highest BCUT2D eigenvalue weighted by molar-refractivity contribution is 4.98. The summed E-state index contributed by atoms with van der Waals surface area (Å²) in [4.78, 5) is 2.44. The largest absolute Gasteiger partial charge is 0.469 e. The van der Waals surface area contributed by atoms with Crippen molar-refractivity contribution in [2.45, 2.75) is 45.1 Å². The molecule has 1 aromatic heterocycles. The van der Waals surface area contributed by atoms with Crippen molar-refractivity contribution in [1.29, 1.82) is 0 Å². The predicted molar refractivity (Wildman–Crippen MR) is 79.3 cm³/mol. The van der Waals surface area contributed by atoms with Gasteiger partial charge in [-0.25, -0.2) is 0 Å². The number of likely N-dealkylation sites (tertiary alicyclic amines) is 1. The molecule has 0 spiro atoms. The van der Waals surface area contributed by atoms with E-state index in [-0.39, 0.29) is 0 Å². The first-order valence-corrected chi connectivity index (χ1v) is 7.68. The van der Waals surface area contributed by atoms with Crippen LogP contribution < -0.4 is 5.32 Å². The summed E-state index contributed by atoms with van der Waals surface area (Å²) in [6.07, 6.45) is 8.03. The van der Waals surface area contributed by atoms with E-state index < -0.39 is 0 Å². The van der Waals surface area contributed by atoms with E-state index in [1.165, 1.54) is 32.4 Å². The van der Waals surface area contributed by atoms with Crippen molar-refractivity contribution in [3.8, 4) is 0 Å². The smallest absolute Gasteiger partial charge is 0.103 e. The molecule has 1 aliphatic rings. The SMILES string of the molecule is CC(CCc1ccco1)NCCC1CCN(C)CC1. The molecule has 1 fully saturated rings. The Labute approximate surface area is 117 Å². The quantitative estimate of drug-likeness (QED) is 0.821. The molecule has 0 radical (unpaired) electrons. The summed E-state index contributed by atoms with van der Waals surface area (Å²) in [5, 5.41) is 3.65. The second-order valence-corrected chi connectivity index (χ2v) is 6.01. The van der Waals surface area contributed by atoms with Crippen LogP contribution >= 0.6 is 0 Å². The van der Waals surface area contributed by atoms with Crippen molar-refractivity contribution in [3.05, 3.63) is 24.2 Å². The monoisotopic (exact) mass is 264 g/mol. The van der Waals surface area contributed by atoms with E-state index in [0.717, 1.165) is 31.1 Å². The van der Waals surface area contributed by atoms with Crippen LogP contribution in [0.15, 0.2) is 22.8 Å². The summed E-state index contributed by atoms with van der Waals surface area (Å²) in [5.74, 6) is 2.03. The second-order valence-electron chi connectivity index (χ2n) is 6.01. The van der Waals surface area contributed by atoms with Gasteiger partial charge in [0.15, 0.2) is 0 Å². The molecule has 0 bridgehead atoms. The lowest BCUT2D eigenvalue weighted by Crippen LogP contribution is -2.33. The maximum absolute atomic E-state index is 5.36. The third kappa shape index (κ3) is 5.37. The van der Waals surface area contributed by atoms with Gasteiger partial charge < -0.3 is 14.6 Å². The summed E-state index contributed by atoms with van der Waals surface area (Å²) in [6.45, 7) is 5.99. The number of nitrogens with one attached hydrogen (secondary N) is 1. The Balaban J connectivity index is 1.52. The van der Waals surface area contributed by atoms with Crippen LogP contribution in [0.1, 0.15) is 38.4 Å². The van der Waals surface area contributed by atoms with E-state index >= 15 is 0 Å². The zero-order chi connectivity index (χ0) is 13.5. The molecule has 3 nitrogen and oxygen atoms in total. The van der Waals surface area contributed by atoms with Crippen LogP contribution in [-0.4, -0.2) is 37.6 Å². The first kappa shape index (κ1) is 14.6. The average molecular weight is 264 g/mol. The van der Waals surface area contributed by atoms with Gasteiger partial charge in [-0.05, 0) is 77.3 Å². The summed E-state index contributed by atoms with van der Waals surface area (Å²) in [7, 11) is 2.23. The van der Waals surface area contributed by atoms with Gasteiger partial charge in [-0.3, -0.25) is 0 Å². The topological polar surface area (TPSA) is 28.4 Å². The van der Waals surface area contributed by atoms with Crippen molar-refractivity contribution in [2.75, 3.05) is 26.7 Å². The molecule has 1 N–H and O–H groups in total. The van der Waals surface area contributed by atoms with Crippen LogP contribution in [0.25, 0.3) is 0 Å². The van der Waals surface area contributed by atoms with E-state index in [2.05, 4.69) is 30.3 Å². The van der Waals surface area contributed by atoms with Crippen molar-refractivity contribution in [1.82, 2.24) is 10.2 Å². The lowest BCUT2D eigenvalue weighted by molar-refractivity contribution is 0.210. The minimum Gasteiger partial charge on any atom is -0.469 e. The molecule has 1 unspecified atom stereocenters. The number of piperidine rings is 1. The van der Waals surface area contributed by atoms with Gasteiger partial charge in [0.25, 0.3) is 0 Å². The molecule has 0 amide bonds. The van der Waals surface area contributed by atoms with Gasteiger partial charge in [0.1, 0.15) is 5.76 Å². The standard InChI is InChI=1S/C16H28N2O/c1-14(5-6-16-4-3-13-19-16)17-10-7-15-8-11-18(2)12-9-15/h3-4,13-15,17H,5-12H2,1-2H3. The Kier molecular flexibility index (Phi) is 5.93. The summed E-state index contributed by atoms with van der Waals surface area (Å²) in [6, 6.07) is 4.61. The van der Waals surface area contributed by atoms with Gasteiger partial charge in [-0.2, -0.15) is 0 Å². The first-order valence-electron chi connectivity index (χ1n) is 7.68. The molecule has 1 saturated heterocycles. The zero-order valence-electron chi connectivity index (χ0n) is 12.4. The molecule has 2 heterocycles. The fourth-order valence-corrected chi connectivity index (χ4v) is 2.80. The minimum atomic E-state index is 0.580. The molecular weight excluding hydrogens is 236 g/mol. The highest BCUT2D eigenvalue weighted by Gasteiger charge is 2.16. The molecule has 0 aromatic carbocycles. The predicted octanol–water partition coefficient (Wildman–Crippen LogP) is 2.92. The number of nitrogens with zero attached hydrogens (tertiary/aromatic N) is 1. The number of hydrogen-bond donors (Lipinski definition) is 1. The van der Waals surface area contributed by atoms with E-state index in [4.69, 9.17) is 4.42 Å². The summed E-state index contributed by atoms with van der Waals surface area (Å²) >= 11 is 0. The Hall–Kier alpha value is -0.800. The first-order chi connectivity index (χ1) is 9.24. The lowest BCUT2D eigenvalue weighted by atomic mass is 9.94. The fraction of sp³-hybridized carbons (Fsp3) is 0.750. The Morgan fingerprint density at radius 3 is 2.89 bits per heavy atom. The molecule has 1 aliphatic heterocycles. The van der Waals surface area contributed by atoms with Crippen LogP contribution in [0, 0.1) is 5.92 Å². The third-order valence-electron chi connectivity index (χ3n) is 4.29. The van der Waals surface area contributed by atoms with Crippen molar-refractivity contribution in [2.24, 2.45) is 5.92 Å². The molecular formula is C16H28N2O. The summed E-state index contributed by atoms with van der Waals surface area (Å²) < 4.78 is 5.36. The van der Waals surface area contributed by atoms with Crippen LogP contribution in [0.2, 0.25) is 0 Å². The molecule has 3 heteroatoms. The number of hydrogen-bond acceptors (Lipinski definition) is 3. The van der Waals surface area contributed by atoms with E-state index in [9.17, 15) is 0 Å². The maximum Gasteiger partial charge on any atom is 0.103 e. The van der Waals surface area contributed by atoms with Gasteiger partial charge in [0, 0.05) is 12.5 Å². The van der Waals surface area contributed by atoms with Crippen LogP contribution in [0.5, 0.6) is 0 Å². The van der Waals surface area contributed by atoms with Crippen LogP contribution in [0.3, 0.4) is 0 Å². The third-order valence-corrected chi connectivity index (χ3v) is 4.29. The van der Waals surface area contributed by atoms with Gasteiger partial charge in [-0.1, -0.05) is 0 Å². The lowest BCUT2D eigenvalue weighted by Gasteiger charge is -2.29. The Morgan fingerprint density at radius 1 is 1.42 bits per heavy atom. The molecule has 2 rings (SSSR count). The average Bonchev–Trinajstić information content (AvgIpc) is 2.92. The van der Waals surface area contributed by atoms with E-state index in [1.807, 2.05) is 6.07 Å². The van der Waals surface area contributed by atoms with Gasteiger partial charge >= 0.3 is 0 Å². The Bertz CT molecular complexity index is 329. The van der Waals surface area contributed by atoms with Crippen molar-refractivity contribution >= 4 is 0 Å². The number of rotatable bonds is 7. The minimum absolute atomic E-state index is 0.580. The van der Waals surface area contributed by atoms with E-state index in [1.54, 1.807) is 6.26 Å². The molecule has 108 valence electrons. The molecule has 0 aliphatic carbocycles. The van der Waals surface area contributed by atoms with Gasteiger partial charge in [0.05, 0.1) is 6.26 Å².